The first-order chi connectivity index (χ1) is 9.60. The van der Waals surface area contributed by atoms with Gasteiger partial charge in [0.15, 0.2) is 0 Å². The number of nitrogens with one attached hydrogen (secondary N) is 1. The first kappa shape index (κ1) is 15.3. The Morgan fingerprint density at radius 3 is 2.70 bits per heavy atom. The monoisotopic (exact) mass is 357 g/mol. The lowest BCUT2D eigenvalue weighted by Crippen LogP contribution is -2.13. The molecule has 0 heterocycles. The fourth-order valence-electron chi connectivity index (χ4n) is 1.84. The molecular weight excluding hydrogens is 345 g/mol. The number of hydrogen-bond acceptors (Lipinski definition) is 2. The van der Waals surface area contributed by atoms with Crippen LogP contribution in [0.1, 0.15) is 11.1 Å². The highest BCUT2D eigenvalue weighted by Gasteiger charge is 2.04. The lowest BCUT2D eigenvalue weighted by molar-refractivity contribution is 0.415. The average molecular weight is 359 g/mol. The van der Waals surface area contributed by atoms with Gasteiger partial charge in [-0.05, 0) is 35.9 Å². The lowest BCUT2D eigenvalue weighted by atomic mass is 10.2. The van der Waals surface area contributed by atoms with Gasteiger partial charge in [0.25, 0.3) is 0 Å². The Morgan fingerprint density at radius 1 is 1.20 bits per heavy atom. The molecule has 0 saturated carbocycles. The van der Waals surface area contributed by atoms with Gasteiger partial charge in [-0.3, -0.25) is 0 Å². The highest BCUT2D eigenvalue weighted by atomic mass is 79.9. The average Bonchev–Trinajstić information content (AvgIpc) is 2.43. The molecule has 0 unspecified atom stereocenters. The Labute approximate surface area is 131 Å². The maximum Gasteiger partial charge on any atom is 0.137 e. The normalized spacial score (nSPS) is 10.6. The summed E-state index contributed by atoms with van der Waals surface area (Å²) in [5, 5.41) is 3.76. The molecule has 5 heteroatoms. The summed E-state index contributed by atoms with van der Waals surface area (Å²) in [5.74, 6) is 0.432. The Morgan fingerprint density at radius 2 is 2.00 bits per heavy atom. The largest absolute Gasteiger partial charge is 0.495 e. The van der Waals surface area contributed by atoms with E-state index in [0.29, 0.717) is 29.4 Å². The van der Waals surface area contributed by atoms with Gasteiger partial charge in [0, 0.05) is 23.1 Å². The zero-order chi connectivity index (χ0) is 14.5. The molecule has 2 nitrogen and oxygen atoms in total. The second-order valence-corrected chi connectivity index (χ2v) is 5.63. The second kappa shape index (κ2) is 7.07. The molecule has 0 atom stereocenters. The van der Waals surface area contributed by atoms with Crippen LogP contribution in [0.3, 0.4) is 0 Å². The molecule has 0 amide bonds. The van der Waals surface area contributed by atoms with E-state index >= 15 is 0 Å². The molecular formula is C15H14BrClFNO. The van der Waals surface area contributed by atoms with E-state index in [1.165, 1.54) is 6.07 Å². The van der Waals surface area contributed by atoms with Crippen LogP contribution in [0.25, 0.3) is 0 Å². The summed E-state index contributed by atoms with van der Waals surface area (Å²) in [7, 11) is 1.58. The van der Waals surface area contributed by atoms with Crippen LogP contribution in [-0.2, 0) is 13.1 Å². The summed E-state index contributed by atoms with van der Waals surface area (Å²) in [4.78, 5) is 0. The minimum Gasteiger partial charge on any atom is -0.495 e. The summed E-state index contributed by atoms with van der Waals surface area (Å²) in [6.07, 6.45) is 0. The first-order valence-electron chi connectivity index (χ1n) is 6.07. The molecule has 0 fully saturated rings. The van der Waals surface area contributed by atoms with Gasteiger partial charge in [-0.25, -0.2) is 4.39 Å². The van der Waals surface area contributed by atoms with Gasteiger partial charge in [0.05, 0.1) is 12.1 Å². The molecule has 0 spiro atoms. The van der Waals surface area contributed by atoms with Gasteiger partial charge in [0.2, 0.25) is 0 Å². The number of ether oxygens (including phenoxy) is 1. The number of halogens is 3. The van der Waals surface area contributed by atoms with Crippen molar-refractivity contribution in [2.45, 2.75) is 13.1 Å². The van der Waals surface area contributed by atoms with Crippen molar-refractivity contribution in [1.82, 2.24) is 5.32 Å². The minimum atomic E-state index is -0.214. The molecule has 0 bridgehead atoms. The standard InChI is InChI=1S/C15H14BrClFNO/c1-20-15-5-2-10(6-13(15)17)8-19-9-11-7-12(16)3-4-14(11)18/h2-7,19H,8-9H2,1H3. The van der Waals surface area contributed by atoms with Gasteiger partial charge in [-0.15, -0.1) is 0 Å². The van der Waals surface area contributed by atoms with Crippen LogP contribution in [0.2, 0.25) is 5.02 Å². The highest BCUT2D eigenvalue weighted by Crippen LogP contribution is 2.24. The van der Waals surface area contributed by atoms with E-state index < -0.39 is 0 Å². The zero-order valence-corrected chi connectivity index (χ0v) is 13.3. The quantitative estimate of drug-likeness (QED) is 0.847. The van der Waals surface area contributed by atoms with E-state index in [9.17, 15) is 4.39 Å². The van der Waals surface area contributed by atoms with Crippen molar-refractivity contribution in [2.24, 2.45) is 0 Å². The van der Waals surface area contributed by atoms with E-state index in [4.69, 9.17) is 16.3 Å². The third kappa shape index (κ3) is 3.95. The van der Waals surface area contributed by atoms with E-state index in [-0.39, 0.29) is 5.82 Å². The van der Waals surface area contributed by atoms with Crippen molar-refractivity contribution >= 4 is 27.5 Å². The zero-order valence-electron chi connectivity index (χ0n) is 10.9. The maximum atomic E-state index is 13.6. The summed E-state index contributed by atoms with van der Waals surface area (Å²) in [6, 6.07) is 10.5. The Balaban J connectivity index is 1.96. The molecule has 0 radical (unpaired) electrons. The van der Waals surface area contributed by atoms with Gasteiger partial charge in [-0.1, -0.05) is 33.6 Å². The molecule has 106 valence electrons. The predicted molar refractivity (Wildman–Crippen MR) is 82.6 cm³/mol. The van der Waals surface area contributed by atoms with Crippen molar-refractivity contribution < 1.29 is 9.13 Å². The van der Waals surface area contributed by atoms with E-state index in [2.05, 4.69) is 21.2 Å². The predicted octanol–water partition coefficient (Wildman–Crippen LogP) is 4.54. The number of benzene rings is 2. The highest BCUT2D eigenvalue weighted by molar-refractivity contribution is 9.10. The van der Waals surface area contributed by atoms with Gasteiger partial charge >= 0.3 is 0 Å². The summed E-state index contributed by atoms with van der Waals surface area (Å²) < 4.78 is 19.5. The van der Waals surface area contributed by atoms with Crippen molar-refractivity contribution in [3.8, 4) is 5.75 Å². The molecule has 0 saturated heterocycles. The third-order valence-electron chi connectivity index (χ3n) is 2.87. The number of rotatable bonds is 5. The molecule has 2 aromatic rings. The van der Waals surface area contributed by atoms with E-state index in [1.807, 2.05) is 18.2 Å². The maximum absolute atomic E-state index is 13.6. The van der Waals surface area contributed by atoms with E-state index in [1.54, 1.807) is 19.2 Å². The van der Waals surface area contributed by atoms with Crippen LogP contribution in [0.5, 0.6) is 5.75 Å². The van der Waals surface area contributed by atoms with Crippen LogP contribution in [0.4, 0.5) is 4.39 Å². The summed E-state index contributed by atoms with van der Waals surface area (Å²) >= 11 is 9.39. The molecule has 1 N–H and O–H groups in total. The van der Waals surface area contributed by atoms with Crippen molar-refractivity contribution in [2.75, 3.05) is 7.11 Å². The molecule has 0 aliphatic heterocycles. The Bertz CT molecular complexity index is 606. The number of methoxy groups -OCH3 is 1. The minimum absolute atomic E-state index is 0.214. The van der Waals surface area contributed by atoms with E-state index in [0.717, 1.165) is 10.0 Å². The summed E-state index contributed by atoms with van der Waals surface area (Å²) in [5.41, 5.74) is 1.64. The fourth-order valence-corrected chi connectivity index (χ4v) is 2.53. The smallest absolute Gasteiger partial charge is 0.137 e. The lowest BCUT2D eigenvalue weighted by Gasteiger charge is -2.08. The first-order valence-corrected chi connectivity index (χ1v) is 7.24. The Hall–Kier alpha value is -1.10. The van der Waals surface area contributed by atoms with Crippen LogP contribution in [-0.4, -0.2) is 7.11 Å². The second-order valence-electron chi connectivity index (χ2n) is 4.31. The van der Waals surface area contributed by atoms with Gasteiger partial charge in [-0.2, -0.15) is 0 Å². The summed E-state index contributed by atoms with van der Waals surface area (Å²) in [6.45, 7) is 1.06. The third-order valence-corrected chi connectivity index (χ3v) is 3.66. The molecule has 2 aromatic carbocycles. The molecule has 0 aliphatic carbocycles. The van der Waals surface area contributed by atoms with Crippen LogP contribution in [0, 0.1) is 5.82 Å². The van der Waals surface area contributed by atoms with Crippen LogP contribution in [0.15, 0.2) is 40.9 Å². The van der Waals surface area contributed by atoms with Crippen LogP contribution >= 0.6 is 27.5 Å². The van der Waals surface area contributed by atoms with Crippen molar-refractivity contribution in [3.63, 3.8) is 0 Å². The van der Waals surface area contributed by atoms with Gasteiger partial charge in [0.1, 0.15) is 11.6 Å². The molecule has 2 rings (SSSR count). The van der Waals surface area contributed by atoms with Gasteiger partial charge < -0.3 is 10.1 Å². The number of hydrogen-bond donors (Lipinski definition) is 1. The SMILES string of the molecule is COc1ccc(CNCc2cc(Br)ccc2F)cc1Cl. The molecule has 0 aromatic heterocycles. The molecule has 20 heavy (non-hydrogen) atoms. The van der Waals surface area contributed by atoms with Crippen LogP contribution < -0.4 is 10.1 Å². The fraction of sp³-hybridized carbons (Fsp3) is 0.200. The topological polar surface area (TPSA) is 21.3 Å². The van der Waals surface area contributed by atoms with Crippen molar-refractivity contribution in [3.05, 3.63) is 62.8 Å². The molecule has 0 aliphatic rings. The van der Waals surface area contributed by atoms with Crippen molar-refractivity contribution in [1.29, 1.82) is 0 Å². The Kier molecular flexibility index (Phi) is 5.40.